The molecule has 1 saturated heterocycles. The molecule has 1 fully saturated rings. The maximum atomic E-state index is 5.38. The van der Waals surface area contributed by atoms with Gasteiger partial charge in [-0.15, -0.1) is 0 Å². The van der Waals surface area contributed by atoms with Crippen LogP contribution in [0.15, 0.2) is 42.9 Å². The van der Waals surface area contributed by atoms with Crippen molar-refractivity contribution in [2.45, 2.75) is 40.5 Å². The highest BCUT2D eigenvalue weighted by molar-refractivity contribution is 5.87. The summed E-state index contributed by atoms with van der Waals surface area (Å²) in [4.78, 5) is 4.48. The monoisotopic (exact) mass is 377 g/mol. The van der Waals surface area contributed by atoms with Crippen LogP contribution in [-0.4, -0.2) is 28.0 Å². The van der Waals surface area contributed by atoms with Gasteiger partial charge in [-0.1, -0.05) is 45.7 Å². The Hall–Kier alpha value is -2.64. The van der Waals surface area contributed by atoms with Gasteiger partial charge >= 0.3 is 0 Å². The van der Waals surface area contributed by atoms with Crippen molar-refractivity contribution in [1.29, 1.82) is 0 Å². The Morgan fingerprint density at radius 1 is 0.964 bits per heavy atom. The highest BCUT2D eigenvalue weighted by atomic mass is 16.5. The highest BCUT2D eigenvalue weighted by Crippen LogP contribution is 2.24. The number of rotatable bonds is 1. The first-order valence-electron chi connectivity index (χ1n) is 10.3. The van der Waals surface area contributed by atoms with Gasteiger partial charge in [-0.2, -0.15) is 5.10 Å². The van der Waals surface area contributed by atoms with Gasteiger partial charge in [-0.05, 0) is 41.8 Å². The van der Waals surface area contributed by atoms with E-state index in [2.05, 4.69) is 46.2 Å². The predicted molar refractivity (Wildman–Crippen MR) is 117 cm³/mol. The second-order valence-electron chi connectivity index (χ2n) is 6.19. The maximum Gasteiger partial charge on any atom is 0.113 e. The van der Waals surface area contributed by atoms with E-state index in [-0.39, 0.29) is 0 Å². The van der Waals surface area contributed by atoms with E-state index < -0.39 is 0 Å². The van der Waals surface area contributed by atoms with Gasteiger partial charge in [0.1, 0.15) is 5.69 Å². The molecule has 4 rings (SSSR count). The quantitative estimate of drug-likeness (QED) is 0.528. The number of nitrogens with zero attached hydrogens (tertiary/aromatic N) is 3. The third kappa shape index (κ3) is 5.68. The van der Waals surface area contributed by atoms with Crippen LogP contribution in [0.2, 0.25) is 0 Å². The van der Waals surface area contributed by atoms with E-state index in [4.69, 9.17) is 4.74 Å². The lowest BCUT2D eigenvalue weighted by atomic mass is 10.0. The smallest absolute Gasteiger partial charge is 0.113 e. The fourth-order valence-electron chi connectivity index (χ4n) is 2.98. The molecule has 0 spiro atoms. The molecular weight excluding hydrogens is 346 g/mol. The predicted octanol–water partition coefficient (Wildman–Crippen LogP) is 5.47. The molecule has 4 heteroatoms. The van der Waals surface area contributed by atoms with Crippen molar-refractivity contribution < 1.29 is 4.74 Å². The van der Waals surface area contributed by atoms with Crippen molar-refractivity contribution in [2.24, 2.45) is 13.0 Å². The third-order valence-electron chi connectivity index (χ3n) is 4.39. The first kappa shape index (κ1) is 21.7. The van der Waals surface area contributed by atoms with Gasteiger partial charge in [0, 0.05) is 49.5 Å². The van der Waals surface area contributed by atoms with Gasteiger partial charge in [-0.3, -0.25) is 4.68 Å². The van der Waals surface area contributed by atoms with Crippen LogP contribution in [0.3, 0.4) is 0 Å². The molecule has 0 unspecified atom stereocenters. The summed E-state index contributed by atoms with van der Waals surface area (Å²) in [5.74, 6) is 7.01. The summed E-state index contributed by atoms with van der Waals surface area (Å²) < 4.78 is 7.19. The lowest BCUT2D eigenvalue weighted by Gasteiger charge is -2.16. The molecule has 3 aromatic rings. The van der Waals surface area contributed by atoms with E-state index >= 15 is 0 Å². The molecule has 1 aliphatic heterocycles. The molecule has 0 saturated carbocycles. The Morgan fingerprint density at radius 3 is 2.39 bits per heavy atom. The second-order valence-corrected chi connectivity index (χ2v) is 6.19. The van der Waals surface area contributed by atoms with Crippen LogP contribution in [0.5, 0.6) is 0 Å². The molecule has 0 atom stereocenters. The number of aromatic nitrogens is 3. The van der Waals surface area contributed by atoms with Gasteiger partial charge in [-0.25, -0.2) is 4.98 Å². The van der Waals surface area contributed by atoms with Gasteiger partial charge in [0.25, 0.3) is 0 Å². The van der Waals surface area contributed by atoms with Gasteiger partial charge in [0.2, 0.25) is 0 Å². The Labute approximate surface area is 168 Å². The lowest BCUT2D eigenvalue weighted by molar-refractivity contribution is 0.0807. The zero-order chi connectivity index (χ0) is 20.4. The van der Waals surface area contributed by atoms with Crippen LogP contribution in [0, 0.1) is 17.8 Å². The number of hydrogen-bond acceptors (Lipinski definition) is 3. The fraction of sp³-hybridized carbons (Fsp3) is 0.417. The molecule has 0 N–H and O–H groups in total. The Morgan fingerprint density at radius 2 is 1.71 bits per heavy atom. The molecule has 148 valence electrons. The van der Waals surface area contributed by atoms with E-state index in [1.54, 1.807) is 0 Å². The summed E-state index contributed by atoms with van der Waals surface area (Å²) in [6.07, 6.45) is 7.84. The number of ether oxygens (including phenoxy) is 1. The Balaban J connectivity index is 0.000000660. The third-order valence-corrected chi connectivity index (χ3v) is 4.39. The number of benzene rings is 1. The molecule has 0 amide bonds. The molecular formula is C24H31N3O. The van der Waals surface area contributed by atoms with Crippen LogP contribution in [0.25, 0.3) is 21.9 Å². The summed E-state index contributed by atoms with van der Waals surface area (Å²) in [5, 5.41) is 6.52. The average molecular weight is 378 g/mol. The topological polar surface area (TPSA) is 39.9 Å². The minimum absolute atomic E-state index is 0.429. The number of hydrogen-bond donors (Lipinski definition) is 0. The van der Waals surface area contributed by atoms with Gasteiger partial charge in [0.15, 0.2) is 0 Å². The second kappa shape index (κ2) is 11.3. The molecule has 28 heavy (non-hydrogen) atoms. The van der Waals surface area contributed by atoms with Crippen LogP contribution >= 0.6 is 0 Å². The highest BCUT2D eigenvalue weighted by Gasteiger charge is 2.10. The number of pyridine rings is 1. The molecule has 0 bridgehead atoms. The summed E-state index contributed by atoms with van der Waals surface area (Å²) in [6.45, 7) is 9.64. The van der Waals surface area contributed by atoms with Crippen molar-refractivity contribution in [3.63, 3.8) is 0 Å². The average Bonchev–Trinajstić information content (AvgIpc) is 3.21. The van der Waals surface area contributed by atoms with Crippen molar-refractivity contribution in [2.75, 3.05) is 13.2 Å². The molecule has 1 aliphatic rings. The maximum absolute atomic E-state index is 5.38. The van der Waals surface area contributed by atoms with E-state index in [0.29, 0.717) is 5.92 Å². The minimum Gasteiger partial charge on any atom is -0.381 e. The molecule has 1 aromatic carbocycles. The van der Waals surface area contributed by atoms with E-state index in [1.807, 2.05) is 58.0 Å². The zero-order valence-corrected chi connectivity index (χ0v) is 17.7. The van der Waals surface area contributed by atoms with Gasteiger partial charge < -0.3 is 4.74 Å². The summed E-state index contributed by atoms with van der Waals surface area (Å²) in [5.41, 5.74) is 3.11. The van der Waals surface area contributed by atoms with E-state index in [0.717, 1.165) is 53.6 Å². The van der Waals surface area contributed by atoms with Gasteiger partial charge in [0.05, 0.1) is 6.20 Å². The molecule has 2 aromatic heterocycles. The number of fused-ring (bicyclic) bond motifs is 1. The SMILES string of the molecule is CC.CC.Cn1cc(-c2ccc3cnc(C#CC4CCOCC4)cc3c2)cn1. The normalized spacial score (nSPS) is 13.5. The van der Waals surface area contributed by atoms with Crippen LogP contribution in [0.1, 0.15) is 46.2 Å². The summed E-state index contributed by atoms with van der Waals surface area (Å²) in [7, 11) is 1.93. The van der Waals surface area contributed by atoms with Crippen LogP contribution in [0.4, 0.5) is 0 Å². The largest absolute Gasteiger partial charge is 0.381 e. The van der Waals surface area contributed by atoms with Crippen molar-refractivity contribution in [3.05, 3.63) is 48.5 Å². The fourth-order valence-corrected chi connectivity index (χ4v) is 2.98. The first-order valence-corrected chi connectivity index (χ1v) is 10.3. The molecule has 0 aliphatic carbocycles. The molecule has 0 radical (unpaired) electrons. The van der Waals surface area contributed by atoms with E-state index in [1.165, 1.54) is 0 Å². The van der Waals surface area contributed by atoms with Crippen molar-refractivity contribution >= 4 is 10.8 Å². The summed E-state index contributed by atoms with van der Waals surface area (Å²) >= 11 is 0. The minimum atomic E-state index is 0.429. The lowest BCUT2D eigenvalue weighted by Crippen LogP contribution is -2.13. The van der Waals surface area contributed by atoms with Crippen LogP contribution < -0.4 is 0 Å². The Bertz CT molecular complexity index is 928. The molecule has 4 nitrogen and oxygen atoms in total. The Kier molecular flexibility index (Phi) is 8.71. The number of aryl methyl sites for hydroxylation is 1. The van der Waals surface area contributed by atoms with Crippen molar-refractivity contribution in [1.82, 2.24) is 14.8 Å². The van der Waals surface area contributed by atoms with Crippen LogP contribution in [-0.2, 0) is 11.8 Å². The van der Waals surface area contributed by atoms with E-state index in [9.17, 15) is 0 Å². The zero-order valence-electron chi connectivity index (χ0n) is 17.7. The standard InChI is InChI=1S/C20H19N3O.2C2H6/c1-23-14-19(13-22-23)16-3-4-17-12-21-20(11-18(17)10-16)5-2-15-6-8-24-9-7-15;2*1-2/h3-4,10-15H,6-9H2,1H3;2*1-2H3. The summed E-state index contributed by atoms with van der Waals surface area (Å²) in [6, 6.07) is 8.45. The first-order chi connectivity index (χ1) is 13.8. The van der Waals surface area contributed by atoms with Crippen molar-refractivity contribution in [3.8, 4) is 23.0 Å². The molecule has 3 heterocycles.